The van der Waals surface area contributed by atoms with E-state index in [1.165, 1.54) is 4.90 Å². The predicted molar refractivity (Wildman–Crippen MR) is 109 cm³/mol. The van der Waals surface area contributed by atoms with Crippen LogP contribution in [0.15, 0.2) is 42.5 Å². The summed E-state index contributed by atoms with van der Waals surface area (Å²) in [5, 5.41) is 2.32. The average Bonchev–Trinajstić information content (AvgIpc) is 3.14. The van der Waals surface area contributed by atoms with Gasteiger partial charge in [0.25, 0.3) is 23.6 Å². The molecule has 29 heavy (non-hydrogen) atoms. The van der Waals surface area contributed by atoms with Gasteiger partial charge in [-0.25, -0.2) is 0 Å². The first-order valence-corrected chi connectivity index (χ1v) is 9.81. The van der Waals surface area contributed by atoms with Crippen molar-refractivity contribution >= 4 is 23.6 Å². The molecule has 0 spiro atoms. The quantitative estimate of drug-likeness (QED) is 0.806. The maximum atomic E-state index is 11.8. The van der Waals surface area contributed by atoms with Gasteiger partial charge in [0.1, 0.15) is 0 Å². The fourth-order valence-corrected chi connectivity index (χ4v) is 3.54. The van der Waals surface area contributed by atoms with E-state index in [4.69, 9.17) is 0 Å². The summed E-state index contributed by atoms with van der Waals surface area (Å²) in [5.41, 5.74) is 3.12. The van der Waals surface area contributed by atoms with Crippen molar-refractivity contribution in [3.05, 3.63) is 70.3 Å². The van der Waals surface area contributed by atoms with Crippen molar-refractivity contribution in [3.63, 3.8) is 0 Å². The molecule has 2 aromatic carbocycles. The highest BCUT2D eigenvalue weighted by Gasteiger charge is 2.36. The number of benzene rings is 2. The number of hydrogen-bond donors (Lipinski definition) is 1. The molecule has 1 N–H and O–H groups in total. The number of carbonyl (C=O) groups is 4. The standard InChI is InChI=1S/C12H13NO2.C11H11NO2/c1-2-3-5-8-6-4-7-9-10(8)12(15)13-11(9)14;1-7(2)12-10(13)8-5-3-4-6-9(8)11(12)14/h4,6-7H,2-3,5H2,1H3,(H,13,14,15);3-7H,1-2H3. The van der Waals surface area contributed by atoms with Gasteiger partial charge in [-0.05, 0) is 50.5 Å². The Morgan fingerprint density at radius 1 is 0.828 bits per heavy atom. The molecule has 0 atom stereocenters. The molecule has 150 valence electrons. The van der Waals surface area contributed by atoms with Gasteiger partial charge in [0.05, 0.1) is 22.3 Å². The van der Waals surface area contributed by atoms with E-state index in [2.05, 4.69) is 12.2 Å². The van der Waals surface area contributed by atoms with Crippen LogP contribution >= 0.6 is 0 Å². The van der Waals surface area contributed by atoms with Crippen LogP contribution in [0.3, 0.4) is 0 Å². The summed E-state index contributed by atoms with van der Waals surface area (Å²) in [7, 11) is 0. The van der Waals surface area contributed by atoms with E-state index in [1.54, 1.807) is 30.3 Å². The molecule has 0 fully saturated rings. The largest absolute Gasteiger partial charge is 0.288 e. The van der Waals surface area contributed by atoms with Crippen LogP contribution in [0, 0.1) is 0 Å². The number of carbonyl (C=O) groups excluding carboxylic acids is 4. The normalized spacial score (nSPS) is 14.6. The molecule has 2 aliphatic rings. The second-order valence-corrected chi connectivity index (χ2v) is 7.35. The number of nitrogens with zero attached hydrogens (tertiary/aromatic N) is 1. The van der Waals surface area contributed by atoms with Gasteiger partial charge in [-0.1, -0.05) is 37.6 Å². The van der Waals surface area contributed by atoms with Crippen molar-refractivity contribution in [3.8, 4) is 0 Å². The van der Waals surface area contributed by atoms with E-state index in [0.29, 0.717) is 22.3 Å². The summed E-state index contributed by atoms with van der Waals surface area (Å²) in [6.45, 7) is 5.78. The minimum atomic E-state index is -0.270. The van der Waals surface area contributed by atoms with Crippen LogP contribution in [0.2, 0.25) is 0 Å². The van der Waals surface area contributed by atoms with E-state index in [0.717, 1.165) is 24.8 Å². The second-order valence-electron chi connectivity index (χ2n) is 7.35. The van der Waals surface area contributed by atoms with Crippen LogP contribution in [0.25, 0.3) is 0 Å². The molecule has 2 heterocycles. The average molecular weight is 392 g/mol. The summed E-state index contributed by atoms with van der Waals surface area (Å²) < 4.78 is 0. The second kappa shape index (κ2) is 8.39. The molecule has 2 aliphatic heterocycles. The Morgan fingerprint density at radius 2 is 1.41 bits per heavy atom. The van der Waals surface area contributed by atoms with Gasteiger partial charge in [0.15, 0.2) is 0 Å². The monoisotopic (exact) mass is 392 g/mol. The lowest BCUT2D eigenvalue weighted by atomic mass is 9.99. The van der Waals surface area contributed by atoms with Gasteiger partial charge < -0.3 is 0 Å². The Balaban J connectivity index is 0.000000166. The summed E-state index contributed by atoms with van der Waals surface area (Å²) >= 11 is 0. The highest BCUT2D eigenvalue weighted by molar-refractivity contribution is 6.22. The first-order chi connectivity index (χ1) is 13.9. The lowest BCUT2D eigenvalue weighted by Crippen LogP contribution is -2.35. The van der Waals surface area contributed by atoms with Gasteiger partial charge in [-0.15, -0.1) is 0 Å². The minimum absolute atomic E-state index is 0.0811. The Labute approximate surface area is 169 Å². The number of hydrogen-bond acceptors (Lipinski definition) is 4. The van der Waals surface area contributed by atoms with Gasteiger partial charge >= 0.3 is 0 Å². The summed E-state index contributed by atoms with van der Waals surface area (Å²) in [6.07, 6.45) is 2.98. The van der Waals surface area contributed by atoms with Gasteiger partial charge in [-0.2, -0.15) is 0 Å². The first kappa shape index (κ1) is 20.5. The molecule has 4 rings (SSSR count). The molecule has 0 saturated carbocycles. The molecule has 0 saturated heterocycles. The van der Waals surface area contributed by atoms with Crippen molar-refractivity contribution < 1.29 is 19.2 Å². The van der Waals surface area contributed by atoms with Gasteiger partial charge in [0, 0.05) is 6.04 Å². The molecule has 0 aromatic heterocycles. The highest BCUT2D eigenvalue weighted by Crippen LogP contribution is 2.24. The van der Waals surface area contributed by atoms with Crippen molar-refractivity contribution in [1.82, 2.24) is 10.2 Å². The first-order valence-electron chi connectivity index (χ1n) is 9.81. The van der Waals surface area contributed by atoms with Crippen LogP contribution in [0.4, 0.5) is 0 Å². The lowest BCUT2D eigenvalue weighted by molar-refractivity contribution is 0.0608. The maximum absolute atomic E-state index is 11.8. The third-order valence-corrected chi connectivity index (χ3v) is 4.99. The number of unbranched alkanes of at least 4 members (excludes halogenated alkanes) is 1. The van der Waals surface area contributed by atoms with Gasteiger partial charge in [0.2, 0.25) is 0 Å². The van der Waals surface area contributed by atoms with E-state index >= 15 is 0 Å². The fraction of sp³-hybridized carbons (Fsp3) is 0.304. The summed E-state index contributed by atoms with van der Waals surface area (Å²) in [6, 6.07) is 12.3. The number of fused-ring (bicyclic) bond motifs is 2. The zero-order valence-corrected chi connectivity index (χ0v) is 16.8. The fourth-order valence-electron chi connectivity index (χ4n) is 3.54. The molecular weight excluding hydrogens is 368 g/mol. The molecule has 0 radical (unpaired) electrons. The lowest BCUT2D eigenvalue weighted by Gasteiger charge is -2.17. The number of rotatable bonds is 4. The topological polar surface area (TPSA) is 83.6 Å². The van der Waals surface area contributed by atoms with E-state index in [1.807, 2.05) is 26.0 Å². The van der Waals surface area contributed by atoms with Crippen LogP contribution in [0.1, 0.15) is 80.6 Å². The molecule has 2 aromatic rings. The number of nitrogens with one attached hydrogen (secondary N) is 1. The zero-order chi connectivity index (χ0) is 21.1. The third kappa shape index (κ3) is 3.83. The van der Waals surface area contributed by atoms with Crippen LogP contribution in [0.5, 0.6) is 0 Å². The zero-order valence-electron chi connectivity index (χ0n) is 16.8. The molecule has 6 heteroatoms. The summed E-state index contributed by atoms with van der Waals surface area (Å²) in [5.74, 6) is -0.878. The van der Waals surface area contributed by atoms with Gasteiger partial charge in [-0.3, -0.25) is 29.4 Å². The third-order valence-electron chi connectivity index (χ3n) is 4.99. The number of imide groups is 2. The van der Waals surface area contributed by atoms with E-state index in [9.17, 15) is 19.2 Å². The minimum Gasteiger partial charge on any atom is -0.288 e. The molecule has 6 nitrogen and oxygen atoms in total. The van der Waals surface area contributed by atoms with Crippen molar-refractivity contribution in [2.75, 3.05) is 0 Å². The van der Waals surface area contributed by atoms with Crippen LogP contribution < -0.4 is 5.32 Å². The molecule has 0 aliphatic carbocycles. The Kier molecular flexibility index (Phi) is 5.92. The molecule has 0 bridgehead atoms. The molecule has 4 amide bonds. The van der Waals surface area contributed by atoms with Crippen molar-refractivity contribution in [2.24, 2.45) is 0 Å². The van der Waals surface area contributed by atoms with E-state index < -0.39 is 0 Å². The SMILES string of the molecule is CC(C)N1C(=O)c2ccccc2C1=O.CCCCc1cccc2c1C(=O)NC2=O. The Bertz CT molecular complexity index is 959. The van der Waals surface area contributed by atoms with E-state index in [-0.39, 0.29) is 29.7 Å². The highest BCUT2D eigenvalue weighted by atomic mass is 16.2. The van der Waals surface area contributed by atoms with Crippen LogP contribution in [-0.2, 0) is 6.42 Å². The van der Waals surface area contributed by atoms with Crippen LogP contribution in [-0.4, -0.2) is 34.6 Å². The Morgan fingerprint density at radius 3 is 1.97 bits per heavy atom. The number of amides is 4. The summed E-state index contributed by atoms with van der Waals surface area (Å²) in [4.78, 5) is 47.7. The van der Waals surface area contributed by atoms with Crippen molar-refractivity contribution in [1.29, 1.82) is 0 Å². The van der Waals surface area contributed by atoms with Crippen molar-refractivity contribution in [2.45, 2.75) is 46.1 Å². The number of aryl methyl sites for hydroxylation is 1. The predicted octanol–water partition coefficient (Wildman–Crippen LogP) is 3.60. The maximum Gasteiger partial charge on any atom is 0.261 e. The molecule has 0 unspecified atom stereocenters. The molecular formula is C23H24N2O4. The Hall–Kier alpha value is -3.28. The smallest absolute Gasteiger partial charge is 0.261 e.